The van der Waals surface area contributed by atoms with E-state index in [9.17, 15) is 9.90 Å². The van der Waals surface area contributed by atoms with Crippen LogP contribution in [0.4, 0.5) is 0 Å². The van der Waals surface area contributed by atoms with E-state index in [1.54, 1.807) is 13.0 Å². The predicted octanol–water partition coefficient (Wildman–Crippen LogP) is 1.12. The van der Waals surface area contributed by atoms with Crippen molar-refractivity contribution in [3.8, 4) is 0 Å². The summed E-state index contributed by atoms with van der Waals surface area (Å²) in [6.07, 6.45) is 4.49. The first-order valence-electron chi connectivity index (χ1n) is 3.49. The van der Waals surface area contributed by atoms with Gasteiger partial charge in [-0.15, -0.1) is 0 Å². The lowest BCUT2D eigenvalue weighted by Gasteiger charge is -2.04. The van der Waals surface area contributed by atoms with E-state index in [0.29, 0.717) is 0 Å². The summed E-state index contributed by atoms with van der Waals surface area (Å²) in [5, 5.41) is 17.6. The smallest absolute Gasteiger partial charge is 0.328 e. The molecule has 0 saturated heterocycles. The van der Waals surface area contributed by atoms with Gasteiger partial charge in [0.15, 0.2) is 0 Å². The van der Waals surface area contributed by atoms with Crippen molar-refractivity contribution < 1.29 is 15.0 Å². The molecule has 1 atom stereocenters. The van der Waals surface area contributed by atoms with Crippen LogP contribution in [0.15, 0.2) is 36.5 Å². The van der Waals surface area contributed by atoms with Crippen LogP contribution in [0.1, 0.15) is 6.92 Å². The van der Waals surface area contributed by atoms with Crippen molar-refractivity contribution in [2.45, 2.75) is 13.0 Å². The number of carboxylic acid groups (broad SMARTS) is 1. The maximum atomic E-state index is 10.2. The molecule has 0 aromatic carbocycles. The van der Waals surface area contributed by atoms with Crippen LogP contribution in [0.5, 0.6) is 0 Å². The predicted molar refractivity (Wildman–Crippen MR) is 46.7 cm³/mol. The zero-order chi connectivity index (χ0) is 9.56. The second-order valence-electron chi connectivity index (χ2n) is 2.16. The molecule has 0 radical (unpaired) electrons. The van der Waals surface area contributed by atoms with Crippen molar-refractivity contribution in [1.29, 1.82) is 0 Å². The van der Waals surface area contributed by atoms with Crippen molar-refractivity contribution in [2.75, 3.05) is 0 Å². The van der Waals surface area contributed by atoms with E-state index >= 15 is 0 Å². The van der Waals surface area contributed by atoms with Crippen LogP contribution in [-0.4, -0.2) is 22.3 Å². The molecule has 0 aliphatic heterocycles. The highest BCUT2D eigenvalue weighted by Gasteiger charge is 2.04. The summed E-state index contributed by atoms with van der Waals surface area (Å²) in [5.74, 6) is -1.09. The van der Waals surface area contributed by atoms with Crippen LogP contribution in [-0.2, 0) is 4.79 Å². The largest absolute Gasteiger partial charge is 0.478 e. The maximum absolute atomic E-state index is 10.2. The van der Waals surface area contributed by atoms with Gasteiger partial charge < -0.3 is 10.2 Å². The molecular formula is C9H12O3. The topological polar surface area (TPSA) is 57.5 Å². The van der Waals surface area contributed by atoms with E-state index in [1.807, 2.05) is 0 Å². The third kappa shape index (κ3) is 3.73. The fraction of sp³-hybridized carbons (Fsp3) is 0.222. The van der Waals surface area contributed by atoms with E-state index in [0.717, 1.165) is 6.08 Å². The third-order valence-corrected chi connectivity index (χ3v) is 1.24. The molecule has 0 aliphatic carbocycles. The lowest BCUT2D eigenvalue weighted by atomic mass is 10.1. The normalized spacial score (nSPS) is 14.7. The first kappa shape index (κ1) is 10.7. The molecule has 0 rings (SSSR count). The highest BCUT2D eigenvalue weighted by Crippen LogP contribution is 2.04. The summed E-state index contributed by atoms with van der Waals surface area (Å²) in [6.45, 7) is 5.13. The molecule has 0 amide bonds. The van der Waals surface area contributed by atoms with Gasteiger partial charge >= 0.3 is 5.97 Å². The quantitative estimate of drug-likeness (QED) is 0.375. The first-order valence-corrected chi connectivity index (χ1v) is 3.49. The number of hydrogen-bond acceptors (Lipinski definition) is 2. The Morgan fingerprint density at radius 2 is 2.17 bits per heavy atom. The number of aliphatic hydroxyl groups excluding tert-OH is 1. The molecule has 3 nitrogen and oxygen atoms in total. The number of aliphatic carboxylic acids is 1. The fourth-order valence-corrected chi connectivity index (χ4v) is 0.701. The zero-order valence-corrected chi connectivity index (χ0v) is 6.90. The van der Waals surface area contributed by atoms with Gasteiger partial charge in [-0.25, -0.2) is 4.79 Å². The van der Waals surface area contributed by atoms with Gasteiger partial charge in [-0.05, 0) is 12.5 Å². The molecule has 0 spiro atoms. The van der Waals surface area contributed by atoms with Crippen LogP contribution in [0.3, 0.4) is 0 Å². The Morgan fingerprint density at radius 1 is 1.58 bits per heavy atom. The molecule has 0 aromatic rings. The lowest BCUT2D eigenvalue weighted by Crippen LogP contribution is -2.06. The second kappa shape index (κ2) is 5.32. The van der Waals surface area contributed by atoms with Gasteiger partial charge in [-0.2, -0.15) is 0 Å². The summed E-state index contributed by atoms with van der Waals surface area (Å²) >= 11 is 0. The van der Waals surface area contributed by atoms with Gasteiger partial charge in [-0.3, -0.25) is 0 Å². The number of carboxylic acids is 1. The van der Waals surface area contributed by atoms with Gasteiger partial charge in [0.25, 0.3) is 0 Å². The van der Waals surface area contributed by atoms with Gasteiger partial charge in [0.05, 0.1) is 6.10 Å². The number of aliphatic hydroxyl groups is 1. The molecule has 0 bridgehead atoms. The fourth-order valence-electron chi connectivity index (χ4n) is 0.701. The van der Waals surface area contributed by atoms with Crippen molar-refractivity contribution in [2.24, 2.45) is 0 Å². The van der Waals surface area contributed by atoms with Crippen LogP contribution in [0.2, 0.25) is 0 Å². The van der Waals surface area contributed by atoms with E-state index in [1.165, 1.54) is 12.2 Å². The number of hydrogen-bond donors (Lipinski definition) is 2. The minimum atomic E-state index is -1.09. The molecule has 0 aliphatic rings. The van der Waals surface area contributed by atoms with Crippen molar-refractivity contribution in [3.05, 3.63) is 36.5 Å². The Labute approximate surface area is 71.3 Å². The molecule has 0 saturated carbocycles. The monoisotopic (exact) mass is 168 g/mol. The Balaban J connectivity index is 4.54. The van der Waals surface area contributed by atoms with Crippen molar-refractivity contribution in [3.63, 3.8) is 0 Å². The third-order valence-electron chi connectivity index (χ3n) is 1.24. The molecule has 1 unspecified atom stereocenters. The SMILES string of the molecule is C=CC(=CC(=O)O)C(O)C=CC. The number of carbonyl (C=O) groups is 1. The molecular weight excluding hydrogens is 156 g/mol. The standard InChI is InChI=1S/C9H12O3/c1-3-5-8(10)7(4-2)6-9(11)12/h3-6,8,10H,2H2,1H3,(H,11,12). The van der Waals surface area contributed by atoms with Crippen LogP contribution in [0, 0.1) is 0 Å². The van der Waals surface area contributed by atoms with E-state index in [2.05, 4.69) is 6.58 Å². The minimum Gasteiger partial charge on any atom is -0.478 e. The average molecular weight is 168 g/mol. The van der Waals surface area contributed by atoms with Gasteiger partial charge in [0.1, 0.15) is 0 Å². The summed E-state index contributed by atoms with van der Waals surface area (Å²) in [4.78, 5) is 10.2. The molecule has 2 N–H and O–H groups in total. The Kier molecular flexibility index (Phi) is 4.72. The van der Waals surface area contributed by atoms with Crippen molar-refractivity contribution >= 4 is 5.97 Å². The van der Waals surface area contributed by atoms with Crippen LogP contribution >= 0.6 is 0 Å². The summed E-state index contributed by atoms with van der Waals surface area (Å²) in [7, 11) is 0. The lowest BCUT2D eigenvalue weighted by molar-refractivity contribution is -0.131. The van der Waals surface area contributed by atoms with Crippen molar-refractivity contribution in [1.82, 2.24) is 0 Å². The maximum Gasteiger partial charge on any atom is 0.328 e. The van der Waals surface area contributed by atoms with Crippen LogP contribution < -0.4 is 0 Å². The second-order valence-corrected chi connectivity index (χ2v) is 2.16. The highest BCUT2D eigenvalue weighted by atomic mass is 16.4. The van der Waals surface area contributed by atoms with Gasteiger partial charge in [0, 0.05) is 6.08 Å². The first-order chi connectivity index (χ1) is 5.61. The molecule has 12 heavy (non-hydrogen) atoms. The van der Waals surface area contributed by atoms with E-state index in [4.69, 9.17) is 5.11 Å². The van der Waals surface area contributed by atoms with E-state index < -0.39 is 12.1 Å². The summed E-state index contributed by atoms with van der Waals surface area (Å²) < 4.78 is 0. The summed E-state index contributed by atoms with van der Waals surface area (Å²) in [5.41, 5.74) is 0.278. The molecule has 66 valence electrons. The number of allylic oxidation sites excluding steroid dienone is 1. The Morgan fingerprint density at radius 3 is 2.50 bits per heavy atom. The molecule has 3 heteroatoms. The summed E-state index contributed by atoms with van der Waals surface area (Å²) in [6, 6.07) is 0. The molecule has 0 aromatic heterocycles. The zero-order valence-electron chi connectivity index (χ0n) is 6.90. The van der Waals surface area contributed by atoms with Gasteiger partial charge in [0.2, 0.25) is 0 Å². The number of rotatable bonds is 4. The molecule has 0 fully saturated rings. The van der Waals surface area contributed by atoms with E-state index in [-0.39, 0.29) is 5.57 Å². The Hall–Kier alpha value is -1.35. The average Bonchev–Trinajstić information content (AvgIpc) is 2.00. The Bertz CT molecular complexity index is 226. The van der Waals surface area contributed by atoms with Crippen LogP contribution in [0.25, 0.3) is 0 Å². The minimum absolute atomic E-state index is 0.278. The highest BCUT2D eigenvalue weighted by molar-refractivity contribution is 5.81. The molecule has 0 heterocycles. The van der Waals surface area contributed by atoms with Gasteiger partial charge in [-0.1, -0.05) is 24.8 Å².